The number of hydrogen-bond donors (Lipinski definition) is 2. The first-order chi connectivity index (χ1) is 6.70. The second kappa shape index (κ2) is 4.60. The average Bonchev–Trinajstić information content (AvgIpc) is 2.61. The van der Waals surface area contributed by atoms with Gasteiger partial charge in [0, 0.05) is 0 Å². The number of hydrogen-bond acceptors (Lipinski definition) is 3. The summed E-state index contributed by atoms with van der Waals surface area (Å²) in [5.74, 6) is 0.374. The van der Waals surface area contributed by atoms with Crippen LogP contribution in [-0.2, 0) is 0 Å². The molecule has 1 aromatic heterocycles. The molecule has 1 aromatic rings. The molecule has 76 valence electrons. The third kappa shape index (κ3) is 2.02. The average molecular weight is 192 g/mol. The Morgan fingerprint density at radius 2 is 2.21 bits per heavy atom. The molecule has 14 heavy (non-hydrogen) atoms. The number of nitrogens with zero attached hydrogens (tertiary/aromatic N) is 2. The zero-order chi connectivity index (χ0) is 10.6. The van der Waals surface area contributed by atoms with E-state index < -0.39 is 0 Å². The Labute approximate surface area is 83.2 Å². The summed E-state index contributed by atoms with van der Waals surface area (Å²) >= 11 is 0. The lowest BCUT2D eigenvalue weighted by atomic mass is 10.0. The molecule has 0 spiro atoms. The van der Waals surface area contributed by atoms with E-state index in [-0.39, 0.29) is 0 Å². The first-order valence-corrected chi connectivity index (χ1v) is 4.66. The van der Waals surface area contributed by atoms with Gasteiger partial charge in [0.25, 0.3) is 0 Å². The number of nitrogens with two attached hydrogens (primary N) is 1. The van der Waals surface area contributed by atoms with Gasteiger partial charge >= 0.3 is 0 Å². The lowest BCUT2D eigenvalue weighted by molar-refractivity contribution is 0.845. The van der Waals surface area contributed by atoms with Crippen LogP contribution in [0, 0.1) is 5.92 Å². The lowest BCUT2D eigenvalue weighted by Gasteiger charge is -2.02. The van der Waals surface area contributed by atoms with Crippen LogP contribution in [0.15, 0.2) is 12.3 Å². The second-order valence-electron chi connectivity index (χ2n) is 3.33. The van der Waals surface area contributed by atoms with Crippen molar-refractivity contribution < 1.29 is 0 Å². The summed E-state index contributed by atoms with van der Waals surface area (Å²) < 4.78 is 0. The molecule has 3 N–H and O–H groups in total. The maximum atomic E-state index is 5.39. The molecule has 1 heterocycles. The van der Waals surface area contributed by atoms with E-state index in [1.54, 1.807) is 0 Å². The van der Waals surface area contributed by atoms with Crippen LogP contribution < -0.4 is 16.4 Å². The third-order valence-corrected chi connectivity index (χ3v) is 2.04. The fourth-order valence-corrected chi connectivity index (χ4v) is 1.30. The highest BCUT2D eigenvalue weighted by Gasteiger charge is 2.03. The van der Waals surface area contributed by atoms with Crippen LogP contribution in [0.5, 0.6) is 0 Å². The molecule has 0 bridgehead atoms. The maximum Gasteiger partial charge on any atom is 0.116 e. The van der Waals surface area contributed by atoms with Gasteiger partial charge in [-0.3, -0.25) is 5.10 Å². The highest BCUT2D eigenvalue weighted by molar-refractivity contribution is 5.56. The molecule has 4 heteroatoms. The Kier molecular flexibility index (Phi) is 3.45. The van der Waals surface area contributed by atoms with Crippen molar-refractivity contribution in [2.45, 2.75) is 20.8 Å². The normalized spacial score (nSPS) is 15.6. The molecule has 0 aromatic carbocycles. The number of aromatic amines is 1. The van der Waals surface area contributed by atoms with Crippen molar-refractivity contribution in [3.05, 3.63) is 23.0 Å². The summed E-state index contributed by atoms with van der Waals surface area (Å²) in [5, 5.41) is 12.5. The maximum absolute atomic E-state index is 5.39. The van der Waals surface area contributed by atoms with Crippen LogP contribution in [0.4, 0.5) is 0 Å². The van der Waals surface area contributed by atoms with Crippen molar-refractivity contribution in [2.24, 2.45) is 11.7 Å². The van der Waals surface area contributed by atoms with E-state index in [2.05, 4.69) is 29.3 Å². The molecule has 0 saturated carbocycles. The first kappa shape index (κ1) is 10.5. The highest BCUT2D eigenvalue weighted by atomic mass is 15.3. The van der Waals surface area contributed by atoms with Crippen LogP contribution >= 0.6 is 0 Å². The molecular formula is C10H16N4. The quantitative estimate of drug-likeness (QED) is 0.686. The van der Waals surface area contributed by atoms with Gasteiger partial charge in [0.15, 0.2) is 0 Å². The molecular weight excluding hydrogens is 176 g/mol. The van der Waals surface area contributed by atoms with E-state index in [1.165, 1.54) is 6.20 Å². The van der Waals surface area contributed by atoms with Gasteiger partial charge in [0.2, 0.25) is 0 Å². The van der Waals surface area contributed by atoms with Crippen molar-refractivity contribution >= 4 is 11.6 Å². The minimum atomic E-state index is 0.374. The van der Waals surface area contributed by atoms with Crippen molar-refractivity contribution in [3.8, 4) is 0 Å². The zero-order valence-corrected chi connectivity index (χ0v) is 8.78. The van der Waals surface area contributed by atoms with E-state index in [4.69, 9.17) is 5.73 Å². The van der Waals surface area contributed by atoms with Gasteiger partial charge in [-0.05, 0) is 30.7 Å². The van der Waals surface area contributed by atoms with Crippen molar-refractivity contribution in [1.82, 2.24) is 15.4 Å². The highest BCUT2D eigenvalue weighted by Crippen LogP contribution is 2.08. The van der Waals surface area contributed by atoms with Gasteiger partial charge in [-0.25, -0.2) is 0 Å². The van der Waals surface area contributed by atoms with Crippen molar-refractivity contribution in [1.29, 1.82) is 0 Å². The van der Waals surface area contributed by atoms with E-state index in [9.17, 15) is 0 Å². The lowest BCUT2D eigenvalue weighted by Crippen LogP contribution is -2.28. The second-order valence-corrected chi connectivity index (χ2v) is 3.33. The Morgan fingerprint density at radius 3 is 2.71 bits per heavy atom. The number of nitrogens with one attached hydrogen (secondary N) is 1. The Bertz CT molecular complexity index is 425. The number of allylic oxidation sites excluding steroid dienone is 1. The number of rotatable bonds is 2. The predicted octanol–water partition coefficient (Wildman–Crippen LogP) is -0.116. The van der Waals surface area contributed by atoms with Crippen LogP contribution in [0.1, 0.15) is 20.8 Å². The summed E-state index contributed by atoms with van der Waals surface area (Å²) in [7, 11) is 0. The van der Waals surface area contributed by atoms with Crippen LogP contribution in [0.25, 0.3) is 11.6 Å². The Morgan fingerprint density at radius 1 is 1.50 bits per heavy atom. The fraction of sp³-hybridized carbons (Fsp3) is 0.400. The predicted molar refractivity (Wildman–Crippen MR) is 57.3 cm³/mol. The number of aromatic nitrogens is 3. The van der Waals surface area contributed by atoms with Crippen molar-refractivity contribution in [2.75, 3.05) is 0 Å². The molecule has 0 unspecified atom stereocenters. The molecule has 0 amide bonds. The molecule has 0 radical (unpaired) electrons. The van der Waals surface area contributed by atoms with Crippen LogP contribution in [0.3, 0.4) is 0 Å². The van der Waals surface area contributed by atoms with E-state index in [1.807, 2.05) is 19.1 Å². The molecule has 1 rings (SSSR count). The number of H-pyrrole nitrogens is 1. The molecule has 0 aliphatic heterocycles. The van der Waals surface area contributed by atoms with Crippen molar-refractivity contribution in [3.63, 3.8) is 0 Å². The van der Waals surface area contributed by atoms with E-state index in [0.717, 1.165) is 16.3 Å². The minimum Gasteiger partial charge on any atom is -0.405 e. The fourth-order valence-electron chi connectivity index (χ4n) is 1.30. The molecule has 0 aliphatic carbocycles. The Hall–Kier alpha value is -1.58. The zero-order valence-electron chi connectivity index (χ0n) is 8.78. The smallest absolute Gasteiger partial charge is 0.116 e. The monoisotopic (exact) mass is 192 g/mol. The molecule has 0 fully saturated rings. The van der Waals surface area contributed by atoms with Gasteiger partial charge in [-0.1, -0.05) is 25.1 Å². The summed E-state index contributed by atoms with van der Waals surface area (Å²) in [6.45, 7) is 6.15. The van der Waals surface area contributed by atoms with E-state index >= 15 is 0 Å². The van der Waals surface area contributed by atoms with Gasteiger partial charge in [0.1, 0.15) is 5.35 Å². The molecule has 0 aliphatic rings. The topological polar surface area (TPSA) is 67.6 Å². The van der Waals surface area contributed by atoms with E-state index in [0.29, 0.717) is 5.92 Å². The van der Waals surface area contributed by atoms with Gasteiger partial charge in [-0.2, -0.15) is 0 Å². The summed E-state index contributed by atoms with van der Waals surface area (Å²) in [6, 6.07) is 0. The summed E-state index contributed by atoms with van der Waals surface area (Å²) in [6.07, 6.45) is 5.35. The SMILES string of the molecule is C/C=c1/[nH]nn/c1=C(/C=C\N)C(C)C. The third-order valence-electron chi connectivity index (χ3n) is 2.04. The largest absolute Gasteiger partial charge is 0.405 e. The van der Waals surface area contributed by atoms with Crippen LogP contribution in [-0.4, -0.2) is 15.4 Å². The van der Waals surface area contributed by atoms with Gasteiger partial charge in [0.05, 0.1) is 5.35 Å². The molecule has 0 saturated heterocycles. The molecule has 4 nitrogen and oxygen atoms in total. The van der Waals surface area contributed by atoms with Gasteiger partial charge in [-0.15, -0.1) is 5.10 Å². The Balaban J connectivity index is 3.52. The van der Waals surface area contributed by atoms with Crippen LogP contribution in [0.2, 0.25) is 0 Å². The summed E-state index contributed by atoms with van der Waals surface area (Å²) in [4.78, 5) is 0. The molecule has 0 atom stereocenters. The first-order valence-electron chi connectivity index (χ1n) is 4.66. The van der Waals surface area contributed by atoms with Gasteiger partial charge < -0.3 is 5.73 Å². The standard InChI is InChI=1S/C10H16N4/c1-4-9-10(13-14-12-9)8(5-6-11)7(2)3/h4-7H,11H2,1-3H3,(H,12,13)/b6-5-,9-4+,10-8-. The minimum absolute atomic E-state index is 0.374. The summed E-state index contributed by atoms with van der Waals surface area (Å²) in [5.41, 5.74) is 6.49.